The van der Waals surface area contributed by atoms with E-state index in [1.165, 1.54) is 23.5 Å². The van der Waals surface area contributed by atoms with Crippen LogP contribution in [-0.4, -0.2) is 36.7 Å². The van der Waals surface area contributed by atoms with Gasteiger partial charge in [-0.3, -0.25) is 9.59 Å². The lowest BCUT2D eigenvalue weighted by Gasteiger charge is -2.19. The van der Waals surface area contributed by atoms with Crippen LogP contribution < -0.4 is 9.91 Å². The molecule has 3 heterocycles. The Bertz CT molecular complexity index is 1110. The zero-order chi connectivity index (χ0) is 20.5. The number of hydrogen-bond acceptors (Lipinski definition) is 8. The minimum Gasteiger partial charge on any atom is -0.469 e. The van der Waals surface area contributed by atoms with Crippen LogP contribution in [0.4, 0.5) is 11.0 Å². The van der Waals surface area contributed by atoms with Gasteiger partial charge in [-0.2, -0.15) is 10.1 Å². The molecule has 2 aromatic heterocycles. The topological polar surface area (TPSA) is 88.2 Å². The highest BCUT2D eigenvalue weighted by atomic mass is 32.1. The van der Waals surface area contributed by atoms with Gasteiger partial charge in [0.1, 0.15) is 0 Å². The number of ether oxygens (including phenoxy) is 1. The van der Waals surface area contributed by atoms with Crippen molar-refractivity contribution >= 4 is 50.2 Å². The molecule has 0 spiro atoms. The van der Waals surface area contributed by atoms with Gasteiger partial charge in [-0.05, 0) is 25.1 Å². The van der Waals surface area contributed by atoms with E-state index >= 15 is 0 Å². The van der Waals surface area contributed by atoms with Crippen LogP contribution in [0.15, 0.2) is 63.5 Å². The molecule has 0 fully saturated rings. The van der Waals surface area contributed by atoms with Crippen molar-refractivity contribution in [3.8, 4) is 0 Å². The summed E-state index contributed by atoms with van der Waals surface area (Å²) in [5.41, 5.74) is 2.05. The molecule has 0 saturated heterocycles. The second kappa shape index (κ2) is 7.51. The number of thiazole rings is 1. The summed E-state index contributed by atoms with van der Waals surface area (Å²) < 4.78 is 11.2. The molecule has 8 nitrogen and oxygen atoms in total. The molecule has 0 atom stereocenters. The lowest BCUT2D eigenvalue weighted by molar-refractivity contribution is -0.139. The number of carbonyl (C=O) groups is 2. The normalized spacial score (nSPS) is 15.6. The average molecular weight is 410 g/mol. The monoisotopic (exact) mass is 410 g/mol. The summed E-state index contributed by atoms with van der Waals surface area (Å²) in [6.45, 7) is 1.78. The van der Waals surface area contributed by atoms with E-state index in [0.29, 0.717) is 28.0 Å². The van der Waals surface area contributed by atoms with E-state index in [2.05, 4.69) is 10.1 Å². The third-order valence-corrected chi connectivity index (χ3v) is 5.63. The van der Waals surface area contributed by atoms with Crippen LogP contribution in [-0.2, 0) is 14.3 Å². The minimum atomic E-state index is -0.478. The van der Waals surface area contributed by atoms with Crippen LogP contribution in [0.3, 0.4) is 0 Å². The molecule has 9 heteroatoms. The maximum absolute atomic E-state index is 13.3. The van der Waals surface area contributed by atoms with Crippen molar-refractivity contribution in [2.24, 2.45) is 5.10 Å². The first-order valence-corrected chi connectivity index (χ1v) is 9.64. The SMILES string of the molecule is COC(=O)CC1=NN(c2nc3ccccc3s2)C(=O)/C1=C(\C)N(C)c1ccco1. The second-order valence-corrected chi connectivity index (χ2v) is 7.36. The Balaban J connectivity index is 1.78. The van der Waals surface area contributed by atoms with Gasteiger partial charge in [-0.15, -0.1) is 0 Å². The van der Waals surface area contributed by atoms with Gasteiger partial charge in [0.25, 0.3) is 5.91 Å². The van der Waals surface area contributed by atoms with Crippen LogP contribution in [0.1, 0.15) is 13.3 Å². The van der Waals surface area contributed by atoms with Crippen LogP contribution in [0.25, 0.3) is 10.2 Å². The summed E-state index contributed by atoms with van der Waals surface area (Å²) in [7, 11) is 3.08. The highest BCUT2D eigenvalue weighted by Gasteiger charge is 2.36. The van der Waals surface area contributed by atoms with Crippen molar-refractivity contribution < 1.29 is 18.7 Å². The van der Waals surface area contributed by atoms with Crippen LogP contribution in [0.2, 0.25) is 0 Å². The number of nitrogens with zero attached hydrogens (tertiary/aromatic N) is 4. The minimum absolute atomic E-state index is 0.123. The maximum Gasteiger partial charge on any atom is 0.311 e. The molecule has 0 bridgehead atoms. The van der Waals surface area contributed by atoms with Gasteiger partial charge < -0.3 is 14.1 Å². The number of allylic oxidation sites excluding steroid dienone is 1. The van der Waals surface area contributed by atoms with Crippen molar-refractivity contribution in [3.63, 3.8) is 0 Å². The number of hydrogen-bond donors (Lipinski definition) is 0. The van der Waals surface area contributed by atoms with Crippen LogP contribution in [0.5, 0.6) is 0 Å². The van der Waals surface area contributed by atoms with E-state index in [4.69, 9.17) is 9.15 Å². The number of rotatable bonds is 5. The number of carbonyl (C=O) groups excluding carboxylic acids is 2. The number of hydrazone groups is 1. The van der Waals surface area contributed by atoms with Gasteiger partial charge in [-0.25, -0.2) is 4.98 Å². The molecular weight excluding hydrogens is 392 g/mol. The van der Waals surface area contributed by atoms with E-state index in [1.54, 1.807) is 37.3 Å². The Morgan fingerprint density at radius 1 is 1.28 bits per heavy atom. The fourth-order valence-corrected chi connectivity index (χ4v) is 3.93. The van der Waals surface area contributed by atoms with Crippen molar-refractivity contribution in [1.82, 2.24) is 4.98 Å². The molecule has 4 rings (SSSR count). The third-order valence-electron chi connectivity index (χ3n) is 4.62. The number of furan rings is 1. The Hall–Kier alpha value is -3.46. The number of para-hydroxylation sites is 1. The molecule has 3 aromatic rings. The summed E-state index contributed by atoms with van der Waals surface area (Å²) in [6, 6.07) is 11.2. The molecule has 1 aliphatic heterocycles. The average Bonchev–Trinajstić information content (AvgIpc) is 3.45. The zero-order valence-corrected chi connectivity index (χ0v) is 16.9. The Morgan fingerprint density at radius 3 is 2.76 bits per heavy atom. The molecular formula is C20H18N4O4S. The Morgan fingerprint density at radius 2 is 2.07 bits per heavy atom. The highest BCUT2D eigenvalue weighted by molar-refractivity contribution is 7.22. The predicted octanol–water partition coefficient (Wildman–Crippen LogP) is 3.57. The van der Waals surface area contributed by atoms with Crippen LogP contribution in [0, 0.1) is 0 Å². The number of fused-ring (bicyclic) bond motifs is 1. The summed E-state index contributed by atoms with van der Waals surface area (Å²) in [5, 5.41) is 6.12. The highest BCUT2D eigenvalue weighted by Crippen LogP contribution is 2.34. The first kappa shape index (κ1) is 18.9. The molecule has 148 valence electrons. The van der Waals surface area contributed by atoms with Crippen LogP contribution >= 0.6 is 11.3 Å². The largest absolute Gasteiger partial charge is 0.469 e. The van der Waals surface area contributed by atoms with Gasteiger partial charge >= 0.3 is 5.97 Å². The molecule has 1 aliphatic rings. The maximum atomic E-state index is 13.3. The van der Waals surface area contributed by atoms with Crippen molar-refractivity contribution in [2.45, 2.75) is 13.3 Å². The van der Waals surface area contributed by atoms with Gasteiger partial charge in [0.05, 0.1) is 41.3 Å². The number of amides is 1. The van der Waals surface area contributed by atoms with E-state index in [1.807, 2.05) is 24.3 Å². The molecule has 0 radical (unpaired) electrons. The van der Waals surface area contributed by atoms with E-state index < -0.39 is 5.97 Å². The quantitative estimate of drug-likeness (QED) is 0.472. The summed E-state index contributed by atoms with van der Waals surface area (Å²) >= 11 is 1.36. The number of anilines is 2. The van der Waals surface area contributed by atoms with E-state index in [9.17, 15) is 9.59 Å². The Kier molecular flexibility index (Phi) is 4.89. The third kappa shape index (κ3) is 3.40. The predicted molar refractivity (Wildman–Crippen MR) is 111 cm³/mol. The number of aromatic nitrogens is 1. The van der Waals surface area contributed by atoms with Gasteiger partial charge in [0, 0.05) is 18.8 Å². The molecule has 1 aromatic carbocycles. The smallest absolute Gasteiger partial charge is 0.311 e. The number of benzene rings is 1. The van der Waals surface area contributed by atoms with Crippen molar-refractivity contribution in [3.05, 3.63) is 53.9 Å². The lowest BCUT2D eigenvalue weighted by atomic mass is 10.1. The standard InChI is InChI=1S/C20H18N4O4S/c1-12(23(2)16-9-6-10-28-16)18-14(11-17(25)27-3)22-24(19(18)26)20-21-13-7-4-5-8-15(13)29-20/h4-10H,11H2,1-3H3/b18-12+. The van der Waals surface area contributed by atoms with E-state index in [0.717, 1.165) is 10.2 Å². The fraction of sp³-hybridized carbons (Fsp3) is 0.200. The molecule has 29 heavy (non-hydrogen) atoms. The first-order valence-electron chi connectivity index (χ1n) is 8.82. The number of esters is 1. The molecule has 0 saturated carbocycles. The van der Waals surface area contributed by atoms with Gasteiger partial charge in [-0.1, -0.05) is 23.5 Å². The first-order chi connectivity index (χ1) is 14.0. The molecule has 1 amide bonds. The lowest BCUT2D eigenvalue weighted by Crippen LogP contribution is -2.26. The summed E-state index contributed by atoms with van der Waals surface area (Å²) in [5.74, 6) is -0.258. The number of methoxy groups -OCH3 is 1. The van der Waals surface area contributed by atoms with Gasteiger partial charge in [0.15, 0.2) is 5.88 Å². The summed E-state index contributed by atoms with van der Waals surface area (Å²) in [4.78, 5) is 31.5. The second-order valence-electron chi connectivity index (χ2n) is 6.35. The zero-order valence-electron chi connectivity index (χ0n) is 16.1. The summed E-state index contributed by atoms with van der Waals surface area (Å²) in [6.07, 6.45) is 1.43. The van der Waals surface area contributed by atoms with Gasteiger partial charge in [0.2, 0.25) is 5.13 Å². The van der Waals surface area contributed by atoms with E-state index in [-0.39, 0.29) is 12.3 Å². The Labute approximate surface area is 170 Å². The van der Waals surface area contributed by atoms with Crippen molar-refractivity contribution in [1.29, 1.82) is 0 Å². The fourth-order valence-electron chi connectivity index (χ4n) is 3.02. The van der Waals surface area contributed by atoms with Crippen molar-refractivity contribution in [2.75, 3.05) is 24.1 Å². The molecule has 0 unspecified atom stereocenters. The molecule has 0 aliphatic carbocycles. The molecule has 0 N–H and O–H groups in total.